The summed E-state index contributed by atoms with van der Waals surface area (Å²) in [6, 6.07) is 0.791. The molecule has 1 N–H and O–H groups in total. The van der Waals surface area contributed by atoms with Crippen molar-refractivity contribution in [1.29, 1.82) is 0 Å². The van der Waals surface area contributed by atoms with Crippen LogP contribution in [0.2, 0.25) is 0 Å². The van der Waals surface area contributed by atoms with E-state index in [4.69, 9.17) is 0 Å². The second-order valence-electron chi connectivity index (χ2n) is 6.62. The van der Waals surface area contributed by atoms with Crippen LogP contribution in [0.1, 0.15) is 45.4 Å². The number of hydrogen-bond donors (Lipinski definition) is 1. The molecular formula is C15H28N2. The number of nitrogens with zero attached hydrogens (tertiary/aromatic N) is 1. The van der Waals surface area contributed by atoms with Crippen molar-refractivity contribution >= 4 is 0 Å². The first-order valence-electron chi connectivity index (χ1n) is 7.81. The van der Waals surface area contributed by atoms with E-state index >= 15 is 0 Å². The summed E-state index contributed by atoms with van der Waals surface area (Å²) in [4.78, 5) is 2.78. The molecule has 2 saturated carbocycles. The normalized spacial score (nSPS) is 35.8. The molecule has 2 bridgehead atoms. The largest absolute Gasteiger partial charge is 0.313 e. The van der Waals surface area contributed by atoms with E-state index in [0.717, 1.165) is 30.3 Å². The van der Waals surface area contributed by atoms with Crippen LogP contribution in [-0.4, -0.2) is 37.1 Å². The van der Waals surface area contributed by atoms with Gasteiger partial charge in [-0.2, -0.15) is 0 Å². The molecule has 0 radical (unpaired) electrons. The van der Waals surface area contributed by atoms with Gasteiger partial charge in [-0.05, 0) is 56.4 Å². The molecular weight excluding hydrogens is 208 g/mol. The van der Waals surface area contributed by atoms with E-state index in [2.05, 4.69) is 17.1 Å². The van der Waals surface area contributed by atoms with Crippen LogP contribution in [0.4, 0.5) is 0 Å². The Labute approximate surface area is 106 Å². The molecule has 2 nitrogen and oxygen atoms in total. The summed E-state index contributed by atoms with van der Waals surface area (Å²) in [6.07, 6.45) is 8.98. The van der Waals surface area contributed by atoms with Crippen molar-refractivity contribution in [3.8, 4) is 0 Å². The maximum Gasteiger partial charge on any atom is 0.0223 e. The van der Waals surface area contributed by atoms with Crippen molar-refractivity contribution in [2.75, 3.05) is 26.2 Å². The van der Waals surface area contributed by atoms with Crippen LogP contribution in [0, 0.1) is 17.8 Å². The predicted molar refractivity (Wildman–Crippen MR) is 72.1 cm³/mol. The molecule has 1 heterocycles. The van der Waals surface area contributed by atoms with Crippen LogP contribution < -0.4 is 5.32 Å². The van der Waals surface area contributed by atoms with Crippen molar-refractivity contribution in [3.05, 3.63) is 0 Å². The monoisotopic (exact) mass is 236 g/mol. The van der Waals surface area contributed by atoms with Crippen molar-refractivity contribution in [2.24, 2.45) is 17.8 Å². The zero-order valence-corrected chi connectivity index (χ0v) is 11.3. The summed E-state index contributed by atoms with van der Waals surface area (Å²) in [6.45, 7) is 7.50. The Bertz CT molecular complexity index is 237. The molecule has 17 heavy (non-hydrogen) atoms. The van der Waals surface area contributed by atoms with E-state index in [-0.39, 0.29) is 0 Å². The molecule has 3 rings (SSSR count). The SMILES string of the molecule is CCNC(CN1CC2CCCC(C2)C1)C1CC1. The van der Waals surface area contributed by atoms with Crippen LogP contribution in [-0.2, 0) is 0 Å². The summed E-state index contributed by atoms with van der Waals surface area (Å²) in [7, 11) is 0. The number of rotatable bonds is 5. The molecule has 3 unspecified atom stereocenters. The van der Waals surface area contributed by atoms with Gasteiger partial charge in [-0.1, -0.05) is 13.3 Å². The Morgan fingerprint density at radius 3 is 2.41 bits per heavy atom. The Morgan fingerprint density at radius 1 is 1.12 bits per heavy atom. The van der Waals surface area contributed by atoms with E-state index in [1.165, 1.54) is 58.2 Å². The van der Waals surface area contributed by atoms with E-state index in [1.54, 1.807) is 0 Å². The van der Waals surface area contributed by atoms with Gasteiger partial charge in [0.05, 0.1) is 0 Å². The first kappa shape index (κ1) is 12.0. The molecule has 3 aliphatic rings. The van der Waals surface area contributed by atoms with Crippen LogP contribution >= 0.6 is 0 Å². The lowest BCUT2D eigenvalue weighted by atomic mass is 9.78. The molecule has 98 valence electrons. The maximum atomic E-state index is 3.72. The molecule has 0 amide bonds. The van der Waals surface area contributed by atoms with Crippen LogP contribution in [0.3, 0.4) is 0 Å². The first-order valence-corrected chi connectivity index (χ1v) is 7.81. The smallest absolute Gasteiger partial charge is 0.0223 e. The number of hydrogen-bond acceptors (Lipinski definition) is 2. The maximum absolute atomic E-state index is 3.72. The summed E-state index contributed by atoms with van der Waals surface area (Å²) < 4.78 is 0. The van der Waals surface area contributed by atoms with Gasteiger partial charge in [-0.25, -0.2) is 0 Å². The third-order valence-corrected chi connectivity index (χ3v) is 5.04. The zero-order chi connectivity index (χ0) is 11.7. The topological polar surface area (TPSA) is 15.3 Å². The average Bonchev–Trinajstić information content (AvgIpc) is 3.12. The summed E-state index contributed by atoms with van der Waals surface area (Å²) in [5, 5.41) is 3.72. The minimum absolute atomic E-state index is 0.791. The van der Waals surface area contributed by atoms with Gasteiger partial charge in [-0.15, -0.1) is 0 Å². The van der Waals surface area contributed by atoms with Crippen molar-refractivity contribution in [3.63, 3.8) is 0 Å². The van der Waals surface area contributed by atoms with Gasteiger partial charge in [0.1, 0.15) is 0 Å². The molecule has 1 saturated heterocycles. The Balaban J connectivity index is 1.53. The molecule has 0 spiro atoms. The number of likely N-dealkylation sites (N-methyl/N-ethyl adjacent to an activating group) is 1. The highest BCUT2D eigenvalue weighted by atomic mass is 15.2. The second kappa shape index (κ2) is 5.27. The Hall–Kier alpha value is -0.0800. The molecule has 1 aliphatic heterocycles. The van der Waals surface area contributed by atoms with Crippen molar-refractivity contribution < 1.29 is 0 Å². The third-order valence-electron chi connectivity index (χ3n) is 5.04. The third kappa shape index (κ3) is 3.03. The Morgan fingerprint density at radius 2 is 1.82 bits per heavy atom. The fraction of sp³-hybridized carbons (Fsp3) is 1.00. The zero-order valence-electron chi connectivity index (χ0n) is 11.3. The molecule has 0 aromatic carbocycles. The summed E-state index contributed by atoms with van der Waals surface area (Å²) in [5.41, 5.74) is 0. The summed E-state index contributed by atoms with van der Waals surface area (Å²) in [5.74, 6) is 3.06. The lowest BCUT2D eigenvalue weighted by Gasteiger charge is -2.42. The van der Waals surface area contributed by atoms with Crippen molar-refractivity contribution in [2.45, 2.75) is 51.5 Å². The first-order chi connectivity index (χ1) is 8.35. The molecule has 0 aromatic heterocycles. The minimum atomic E-state index is 0.791. The molecule has 2 heteroatoms. The number of likely N-dealkylation sites (tertiary alicyclic amines) is 1. The molecule has 2 aliphatic carbocycles. The van der Waals surface area contributed by atoms with Gasteiger partial charge in [-0.3, -0.25) is 0 Å². The highest BCUT2D eigenvalue weighted by Gasteiger charge is 2.35. The van der Waals surface area contributed by atoms with E-state index < -0.39 is 0 Å². The fourth-order valence-electron chi connectivity index (χ4n) is 4.11. The summed E-state index contributed by atoms with van der Waals surface area (Å²) >= 11 is 0. The highest BCUT2D eigenvalue weighted by molar-refractivity contribution is 4.91. The fourth-order valence-corrected chi connectivity index (χ4v) is 4.11. The van der Waals surface area contributed by atoms with Crippen LogP contribution in [0.5, 0.6) is 0 Å². The second-order valence-corrected chi connectivity index (χ2v) is 6.62. The van der Waals surface area contributed by atoms with Crippen LogP contribution in [0.15, 0.2) is 0 Å². The standard InChI is InChI=1S/C15H28N2/c1-2-16-15(14-6-7-14)11-17-9-12-4-3-5-13(8-12)10-17/h12-16H,2-11H2,1H3. The van der Waals surface area contributed by atoms with Gasteiger partial charge < -0.3 is 10.2 Å². The van der Waals surface area contributed by atoms with Crippen LogP contribution in [0.25, 0.3) is 0 Å². The van der Waals surface area contributed by atoms with Gasteiger partial charge in [0.2, 0.25) is 0 Å². The molecule has 3 fully saturated rings. The van der Waals surface area contributed by atoms with Gasteiger partial charge in [0, 0.05) is 25.7 Å². The number of fused-ring (bicyclic) bond motifs is 2. The van der Waals surface area contributed by atoms with E-state index in [9.17, 15) is 0 Å². The van der Waals surface area contributed by atoms with Crippen molar-refractivity contribution in [1.82, 2.24) is 10.2 Å². The van der Waals surface area contributed by atoms with E-state index in [1.807, 2.05) is 0 Å². The molecule has 0 aromatic rings. The van der Waals surface area contributed by atoms with Gasteiger partial charge in [0.15, 0.2) is 0 Å². The average molecular weight is 236 g/mol. The van der Waals surface area contributed by atoms with Gasteiger partial charge in [0.25, 0.3) is 0 Å². The lowest BCUT2D eigenvalue weighted by molar-refractivity contribution is 0.0763. The quantitative estimate of drug-likeness (QED) is 0.789. The molecule has 3 atom stereocenters. The number of piperidine rings is 1. The predicted octanol–water partition coefficient (Wildman–Crippen LogP) is 2.50. The Kier molecular flexibility index (Phi) is 3.72. The highest BCUT2D eigenvalue weighted by Crippen LogP contribution is 2.36. The minimum Gasteiger partial charge on any atom is -0.313 e. The lowest BCUT2D eigenvalue weighted by Crippen LogP contribution is -2.49. The van der Waals surface area contributed by atoms with E-state index in [0.29, 0.717) is 0 Å². The number of nitrogens with one attached hydrogen (secondary N) is 1. The van der Waals surface area contributed by atoms with Gasteiger partial charge >= 0.3 is 0 Å².